The molecule has 1 fully saturated rings. The molecule has 1 aliphatic heterocycles. The number of thioether (sulfide) groups is 1. The van der Waals surface area contributed by atoms with E-state index in [-0.39, 0.29) is 11.9 Å². The number of benzene rings is 1. The van der Waals surface area contributed by atoms with Crippen LogP contribution in [0.3, 0.4) is 0 Å². The number of aliphatic carboxylic acids is 1. The van der Waals surface area contributed by atoms with Gasteiger partial charge < -0.3 is 15.3 Å². The maximum absolute atomic E-state index is 12.3. The quantitative estimate of drug-likeness (QED) is 0.842. The van der Waals surface area contributed by atoms with Crippen molar-refractivity contribution in [1.82, 2.24) is 4.90 Å². The minimum Gasteiger partial charge on any atom is -0.480 e. The first-order valence-electron chi connectivity index (χ1n) is 6.97. The Balaban J connectivity index is 2.08. The summed E-state index contributed by atoms with van der Waals surface area (Å²) in [6, 6.07) is 6.41. The van der Waals surface area contributed by atoms with Crippen LogP contribution in [0.25, 0.3) is 0 Å². The Morgan fingerprint density at radius 2 is 2.00 bits per heavy atom. The highest BCUT2D eigenvalue weighted by molar-refractivity contribution is 7.98. The van der Waals surface area contributed by atoms with E-state index in [1.165, 1.54) is 4.90 Å². The molecule has 0 spiro atoms. The normalized spacial score (nSPS) is 21.9. The highest BCUT2D eigenvalue weighted by Gasteiger charge is 2.37. The lowest BCUT2D eigenvalue weighted by Crippen LogP contribution is -2.53. The molecule has 1 aromatic carbocycles. The topological polar surface area (TPSA) is 69.6 Å². The molecule has 0 bridgehead atoms. The van der Waals surface area contributed by atoms with Crippen LogP contribution in [-0.4, -0.2) is 40.8 Å². The molecule has 1 aromatic rings. The molecule has 0 radical (unpaired) electrons. The van der Waals surface area contributed by atoms with Crippen molar-refractivity contribution in [3.63, 3.8) is 0 Å². The number of nitrogens with zero attached hydrogens (tertiary/aromatic N) is 1. The average molecular weight is 308 g/mol. The number of nitrogens with one attached hydrogen (secondary N) is 1. The number of amides is 2. The zero-order valence-corrected chi connectivity index (χ0v) is 13.0. The summed E-state index contributed by atoms with van der Waals surface area (Å²) in [4.78, 5) is 26.3. The maximum Gasteiger partial charge on any atom is 0.326 e. The smallest absolute Gasteiger partial charge is 0.326 e. The minimum absolute atomic E-state index is 0.0270. The zero-order valence-electron chi connectivity index (χ0n) is 12.2. The number of piperidine rings is 1. The van der Waals surface area contributed by atoms with Gasteiger partial charge >= 0.3 is 12.0 Å². The Kier molecular flexibility index (Phi) is 5.12. The second kappa shape index (κ2) is 6.85. The number of carbonyl (C=O) groups is 2. The second-order valence-electron chi connectivity index (χ2n) is 5.25. The molecule has 2 N–H and O–H groups in total. The van der Waals surface area contributed by atoms with Gasteiger partial charge in [-0.25, -0.2) is 9.59 Å². The fourth-order valence-electron chi connectivity index (χ4n) is 2.66. The van der Waals surface area contributed by atoms with Crippen LogP contribution in [0, 0.1) is 5.92 Å². The molecule has 2 unspecified atom stereocenters. The molecule has 1 aliphatic rings. The summed E-state index contributed by atoms with van der Waals surface area (Å²) in [5.41, 5.74) is 0.681. The highest BCUT2D eigenvalue weighted by Crippen LogP contribution is 2.25. The van der Waals surface area contributed by atoms with Crippen molar-refractivity contribution in [1.29, 1.82) is 0 Å². The predicted octanol–water partition coefficient (Wildman–Crippen LogP) is 3.13. The summed E-state index contributed by atoms with van der Waals surface area (Å²) in [6.45, 7) is 2.36. The van der Waals surface area contributed by atoms with E-state index in [2.05, 4.69) is 5.32 Å². The first-order valence-corrected chi connectivity index (χ1v) is 8.20. The number of likely N-dealkylation sites (tertiary alicyclic amines) is 1. The molecule has 1 heterocycles. The Bertz CT molecular complexity index is 518. The van der Waals surface area contributed by atoms with Gasteiger partial charge in [-0.15, -0.1) is 11.8 Å². The van der Waals surface area contributed by atoms with Crippen molar-refractivity contribution in [2.45, 2.75) is 30.7 Å². The summed E-state index contributed by atoms with van der Waals surface area (Å²) < 4.78 is 0. The van der Waals surface area contributed by atoms with Gasteiger partial charge in [0, 0.05) is 17.1 Å². The lowest BCUT2D eigenvalue weighted by atomic mass is 9.91. The number of carbonyl (C=O) groups excluding carboxylic acids is 1. The standard InChI is InChI=1S/C15H20N2O3S/c1-10-4-3-9-17(13(10)14(18)19)15(20)16-11-5-7-12(21-2)8-6-11/h5-8,10,13H,3-4,9H2,1-2H3,(H,16,20)(H,18,19). The lowest BCUT2D eigenvalue weighted by Gasteiger charge is -2.37. The molecular formula is C15H20N2O3S. The van der Waals surface area contributed by atoms with Crippen molar-refractivity contribution < 1.29 is 14.7 Å². The van der Waals surface area contributed by atoms with Crippen LogP contribution < -0.4 is 5.32 Å². The van der Waals surface area contributed by atoms with Gasteiger partial charge in [0.25, 0.3) is 0 Å². The number of urea groups is 1. The Morgan fingerprint density at radius 3 is 2.57 bits per heavy atom. The molecule has 2 amide bonds. The Labute approximate surface area is 128 Å². The van der Waals surface area contributed by atoms with E-state index in [1.807, 2.05) is 37.4 Å². The van der Waals surface area contributed by atoms with Crippen molar-refractivity contribution in [3.05, 3.63) is 24.3 Å². The molecule has 1 saturated heterocycles. The Morgan fingerprint density at radius 1 is 1.33 bits per heavy atom. The van der Waals surface area contributed by atoms with Gasteiger partial charge in [0.15, 0.2) is 0 Å². The number of hydrogen-bond acceptors (Lipinski definition) is 3. The number of rotatable bonds is 3. The summed E-state index contributed by atoms with van der Waals surface area (Å²) >= 11 is 1.63. The van der Waals surface area contributed by atoms with Crippen LogP contribution in [0.15, 0.2) is 29.2 Å². The van der Waals surface area contributed by atoms with Crippen LogP contribution in [-0.2, 0) is 4.79 Å². The summed E-state index contributed by atoms with van der Waals surface area (Å²) in [7, 11) is 0. The number of carboxylic acids is 1. The van der Waals surface area contributed by atoms with Crippen LogP contribution >= 0.6 is 11.8 Å². The third-order valence-electron chi connectivity index (χ3n) is 3.79. The first-order chi connectivity index (χ1) is 10.0. The third-order valence-corrected chi connectivity index (χ3v) is 4.53. The number of anilines is 1. The van der Waals surface area contributed by atoms with Gasteiger partial charge in [0.1, 0.15) is 6.04 Å². The highest BCUT2D eigenvalue weighted by atomic mass is 32.2. The molecular weight excluding hydrogens is 288 g/mol. The maximum atomic E-state index is 12.3. The molecule has 114 valence electrons. The van der Waals surface area contributed by atoms with Gasteiger partial charge in [-0.3, -0.25) is 0 Å². The van der Waals surface area contributed by atoms with E-state index < -0.39 is 12.0 Å². The van der Waals surface area contributed by atoms with E-state index >= 15 is 0 Å². The van der Waals surface area contributed by atoms with Crippen molar-refractivity contribution >= 4 is 29.4 Å². The van der Waals surface area contributed by atoms with Crippen LogP contribution in [0.4, 0.5) is 10.5 Å². The molecule has 0 aliphatic carbocycles. The monoisotopic (exact) mass is 308 g/mol. The second-order valence-corrected chi connectivity index (χ2v) is 6.13. The van der Waals surface area contributed by atoms with Gasteiger partial charge in [0.05, 0.1) is 0 Å². The van der Waals surface area contributed by atoms with Crippen molar-refractivity contribution in [3.8, 4) is 0 Å². The van der Waals surface area contributed by atoms with Crippen molar-refractivity contribution in [2.24, 2.45) is 5.92 Å². The van der Waals surface area contributed by atoms with Crippen molar-refractivity contribution in [2.75, 3.05) is 18.1 Å². The van der Waals surface area contributed by atoms with E-state index in [1.54, 1.807) is 11.8 Å². The van der Waals surface area contributed by atoms with Crippen LogP contribution in [0.2, 0.25) is 0 Å². The average Bonchev–Trinajstić information content (AvgIpc) is 2.47. The number of hydrogen-bond donors (Lipinski definition) is 2. The first kappa shape index (κ1) is 15.7. The fourth-order valence-corrected chi connectivity index (χ4v) is 3.07. The third kappa shape index (κ3) is 3.69. The van der Waals surface area contributed by atoms with E-state index in [0.717, 1.165) is 17.7 Å². The summed E-state index contributed by atoms with van der Waals surface area (Å²) in [5.74, 6) is -0.962. The molecule has 2 rings (SSSR count). The summed E-state index contributed by atoms with van der Waals surface area (Å²) in [6.07, 6.45) is 3.66. The van der Waals surface area contributed by atoms with E-state index in [4.69, 9.17) is 0 Å². The largest absolute Gasteiger partial charge is 0.480 e. The molecule has 0 saturated carbocycles. The molecule has 21 heavy (non-hydrogen) atoms. The zero-order chi connectivity index (χ0) is 15.4. The minimum atomic E-state index is -0.935. The SMILES string of the molecule is CSc1ccc(NC(=O)N2CCCC(C)C2C(=O)O)cc1. The fraction of sp³-hybridized carbons (Fsp3) is 0.467. The van der Waals surface area contributed by atoms with Crippen LogP contribution in [0.5, 0.6) is 0 Å². The van der Waals surface area contributed by atoms with Crippen LogP contribution in [0.1, 0.15) is 19.8 Å². The van der Waals surface area contributed by atoms with Gasteiger partial charge in [-0.2, -0.15) is 0 Å². The van der Waals surface area contributed by atoms with Gasteiger partial charge in [-0.1, -0.05) is 6.92 Å². The number of carboxylic acid groups (broad SMARTS) is 1. The molecule has 5 nitrogen and oxygen atoms in total. The molecule has 2 atom stereocenters. The molecule has 6 heteroatoms. The molecule has 0 aromatic heterocycles. The summed E-state index contributed by atoms with van der Waals surface area (Å²) in [5, 5.41) is 12.1. The lowest BCUT2D eigenvalue weighted by molar-refractivity contribution is -0.145. The Hall–Kier alpha value is -1.69. The van der Waals surface area contributed by atoms with E-state index in [0.29, 0.717) is 12.2 Å². The van der Waals surface area contributed by atoms with Gasteiger partial charge in [-0.05, 0) is 49.3 Å². The van der Waals surface area contributed by atoms with E-state index in [9.17, 15) is 14.7 Å². The predicted molar refractivity (Wildman–Crippen MR) is 83.8 cm³/mol. The van der Waals surface area contributed by atoms with Gasteiger partial charge in [0.2, 0.25) is 0 Å².